The minimum absolute atomic E-state index is 0.140. The van der Waals surface area contributed by atoms with Crippen LogP contribution in [0.4, 0.5) is 0 Å². The van der Waals surface area contributed by atoms with E-state index in [1.54, 1.807) is 0 Å². The zero-order valence-electron chi connectivity index (χ0n) is 11.3. The predicted octanol–water partition coefficient (Wildman–Crippen LogP) is -0.0862. The van der Waals surface area contributed by atoms with E-state index in [9.17, 15) is 9.59 Å². The Hall–Kier alpha value is -1.10. The topological polar surface area (TPSA) is 43.9 Å². The minimum Gasteiger partial charge on any atom is -0.329 e. The number of amides is 2. The van der Waals surface area contributed by atoms with Crippen LogP contribution in [0.5, 0.6) is 0 Å². The van der Waals surface area contributed by atoms with Crippen LogP contribution < -0.4 is 0 Å². The summed E-state index contributed by atoms with van der Waals surface area (Å²) in [5.74, 6) is 1.25. The lowest BCUT2D eigenvalue weighted by Crippen LogP contribution is -2.68. The van der Waals surface area contributed by atoms with Gasteiger partial charge in [-0.2, -0.15) is 0 Å². The van der Waals surface area contributed by atoms with Crippen molar-refractivity contribution in [2.24, 2.45) is 5.92 Å². The average molecular weight is 263 g/mol. The Morgan fingerprint density at radius 1 is 0.895 bits per heavy atom. The lowest BCUT2D eigenvalue weighted by atomic mass is 10.0. The lowest BCUT2D eigenvalue weighted by Gasteiger charge is -2.47. The number of hydrogen-bond donors (Lipinski definition) is 0. The highest BCUT2D eigenvalue weighted by Crippen LogP contribution is 2.32. The summed E-state index contributed by atoms with van der Waals surface area (Å²) in [4.78, 5) is 31.1. The van der Waals surface area contributed by atoms with Gasteiger partial charge in [-0.3, -0.25) is 14.5 Å². The third-order valence-electron chi connectivity index (χ3n) is 5.07. The number of hydrogen-bond acceptors (Lipinski definition) is 3. The van der Waals surface area contributed by atoms with E-state index in [1.807, 2.05) is 9.80 Å². The van der Waals surface area contributed by atoms with Crippen molar-refractivity contribution in [3.8, 4) is 0 Å². The van der Waals surface area contributed by atoms with Crippen molar-refractivity contribution in [1.82, 2.24) is 14.7 Å². The van der Waals surface area contributed by atoms with Gasteiger partial charge in [-0.25, -0.2) is 0 Å². The molecule has 0 spiro atoms. The van der Waals surface area contributed by atoms with Gasteiger partial charge in [0.1, 0.15) is 12.1 Å². The highest BCUT2D eigenvalue weighted by molar-refractivity contribution is 5.97. The second kappa shape index (κ2) is 4.20. The highest BCUT2D eigenvalue weighted by atomic mass is 16.2. The number of carbonyl (C=O) groups excluding carboxylic acids is 2. The molecule has 3 saturated heterocycles. The first kappa shape index (κ1) is 11.7. The maximum atomic E-state index is 12.5. The fraction of sp³-hybridized carbons (Fsp3) is 0.857. The Labute approximate surface area is 113 Å². The molecule has 104 valence electrons. The summed E-state index contributed by atoms with van der Waals surface area (Å²) in [6, 6.07) is -0.340. The molecule has 1 saturated carbocycles. The van der Waals surface area contributed by atoms with Gasteiger partial charge in [-0.1, -0.05) is 0 Å². The molecule has 3 aliphatic heterocycles. The summed E-state index contributed by atoms with van der Waals surface area (Å²) in [5, 5.41) is 0. The van der Waals surface area contributed by atoms with Gasteiger partial charge in [0.2, 0.25) is 11.8 Å². The normalized spacial score (nSPS) is 35.6. The van der Waals surface area contributed by atoms with Gasteiger partial charge in [0.15, 0.2) is 0 Å². The van der Waals surface area contributed by atoms with Gasteiger partial charge in [-0.05, 0) is 31.6 Å². The molecule has 3 heterocycles. The molecule has 0 aromatic rings. The van der Waals surface area contributed by atoms with Crippen molar-refractivity contribution >= 4 is 11.8 Å². The first-order chi connectivity index (χ1) is 9.24. The van der Waals surface area contributed by atoms with E-state index in [4.69, 9.17) is 0 Å². The molecule has 2 amide bonds. The van der Waals surface area contributed by atoms with Crippen LogP contribution in [-0.2, 0) is 9.59 Å². The number of carbonyl (C=O) groups is 2. The summed E-state index contributed by atoms with van der Waals surface area (Å²) < 4.78 is 0. The quantitative estimate of drug-likeness (QED) is 0.699. The largest absolute Gasteiger partial charge is 0.329 e. The molecule has 1 aliphatic carbocycles. The van der Waals surface area contributed by atoms with Crippen LogP contribution in [0.3, 0.4) is 0 Å². The van der Waals surface area contributed by atoms with Crippen molar-refractivity contribution in [3.63, 3.8) is 0 Å². The second-order valence-electron chi connectivity index (χ2n) is 6.44. The minimum atomic E-state index is -0.200. The van der Waals surface area contributed by atoms with Crippen LogP contribution in [0, 0.1) is 5.92 Å². The Morgan fingerprint density at radius 2 is 1.63 bits per heavy atom. The smallest absolute Gasteiger partial charge is 0.247 e. The van der Waals surface area contributed by atoms with Gasteiger partial charge < -0.3 is 9.80 Å². The van der Waals surface area contributed by atoms with Crippen LogP contribution in [0.15, 0.2) is 0 Å². The number of fused-ring (bicyclic) bond motifs is 2. The van der Waals surface area contributed by atoms with E-state index in [1.165, 1.54) is 12.8 Å². The Bertz CT molecular complexity index is 421. The van der Waals surface area contributed by atoms with Crippen LogP contribution in [0.2, 0.25) is 0 Å². The molecule has 0 aromatic heterocycles. The fourth-order valence-electron chi connectivity index (χ4n) is 3.82. The monoisotopic (exact) mass is 263 g/mol. The van der Waals surface area contributed by atoms with E-state index in [0.717, 1.165) is 51.5 Å². The van der Waals surface area contributed by atoms with Crippen molar-refractivity contribution in [1.29, 1.82) is 0 Å². The van der Waals surface area contributed by atoms with E-state index in [2.05, 4.69) is 4.90 Å². The molecule has 0 N–H and O–H groups in total. The third-order valence-corrected chi connectivity index (χ3v) is 5.07. The molecular formula is C14H21N3O2. The molecular weight excluding hydrogens is 242 g/mol. The summed E-state index contributed by atoms with van der Waals surface area (Å²) in [5.41, 5.74) is 0. The van der Waals surface area contributed by atoms with E-state index < -0.39 is 0 Å². The predicted molar refractivity (Wildman–Crippen MR) is 69.4 cm³/mol. The van der Waals surface area contributed by atoms with Crippen LogP contribution in [-0.4, -0.2) is 71.3 Å². The molecule has 19 heavy (non-hydrogen) atoms. The number of rotatable bonds is 2. The Morgan fingerprint density at radius 3 is 2.42 bits per heavy atom. The van der Waals surface area contributed by atoms with Gasteiger partial charge >= 0.3 is 0 Å². The zero-order chi connectivity index (χ0) is 13.0. The van der Waals surface area contributed by atoms with Crippen molar-refractivity contribution in [2.45, 2.75) is 37.8 Å². The van der Waals surface area contributed by atoms with E-state index in [0.29, 0.717) is 0 Å². The summed E-state index contributed by atoms with van der Waals surface area (Å²) in [6.45, 7) is 4.34. The molecule has 4 rings (SSSR count). The Balaban J connectivity index is 1.52. The molecule has 0 unspecified atom stereocenters. The highest BCUT2D eigenvalue weighted by Gasteiger charge is 2.49. The lowest BCUT2D eigenvalue weighted by molar-refractivity contribution is -0.163. The van der Waals surface area contributed by atoms with Crippen LogP contribution >= 0.6 is 0 Å². The van der Waals surface area contributed by atoms with Crippen molar-refractivity contribution in [2.75, 3.05) is 32.7 Å². The molecule has 4 aliphatic rings. The van der Waals surface area contributed by atoms with Crippen molar-refractivity contribution in [3.05, 3.63) is 0 Å². The Kier molecular flexibility index (Phi) is 2.59. The molecule has 0 bridgehead atoms. The average Bonchev–Trinajstić information content (AvgIpc) is 3.08. The molecule has 0 radical (unpaired) electrons. The first-order valence-corrected chi connectivity index (χ1v) is 7.57. The summed E-state index contributed by atoms with van der Waals surface area (Å²) >= 11 is 0. The summed E-state index contributed by atoms with van der Waals surface area (Å²) in [7, 11) is 0. The fourth-order valence-corrected chi connectivity index (χ4v) is 3.82. The molecule has 4 fully saturated rings. The number of nitrogens with zero attached hydrogens (tertiary/aromatic N) is 3. The molecule has 5 nitrogen and oxygen atoms in total. The third kappa shape index (κ3) is 1.86. The van der Waals surface area contributed by atoms with E-state index in [-0.39, 0.29) is 23.9 Å². The van der Waals surface area contributed by atoms with Gasteiger partial charge in [0, 0.05) is 32.7 Å². The molecule has 2 atom stereocenters. The summed E-state index contributed by atoms with van der Waals surface area (Å²) in [6.07, 6.45) is 4.52. The maximum absolute atomic E-state index is 12.5. The van der Waals surface area contributed by atoms with Crippen LogP contribution in [0.25, 0.3) is 0 Å². The number of piperazine rings is 2. The first-order valence-electron chi connectivity index (χ1n) is 7.57. The van der Waals surface area contributed by atoms with Crippen LogP contribution in [0.1, 0.15) is 25.7 Å². The maximum Gasteiger partial charge on any atom is 0.247 e. The van der Waals surface area contributed by atoms with Gasteiger partial charge in [0.05, 0.1) is 0 Å². The molecule has 5 heteroatoms. The van der Waals surface area contributed by atoms with E-state index >= 15 is 0 Å². The second-order valence-corrected chi connectivity index (χ2v) is 6.44. The SMILES string of the molecule is O=C1[C@H]2CN(CC3CC3)CCN2C(=O)[C@H]2CCCN12. The van der Waals surface area contributed by atoms with Crippen molar-refractivity contribution < 1.29 is 9.59 Å². The zero-order valence-corrected chi connectivity index (χ0v) is 11.3. The molecule has 0 aromatic carbocycles. The van der Waals surface area contributed by atoms with Gasteiger partial charge in [0.25, 0.3) is 0 Å². The standard InChI is InChI=1S/C14H21N3O2/c18-13-11-2-1-5-16(11)14(19)12-9-15(6-7-17(12)13)8-10-3-4-10/h10-12H,1-9H2/t11-,12-/m1/s1. The van der Waals surface area contributed by atoms with Gasteiger partial charge in [-0.15, -0.1) is 0 Å².